The maximum atomic E-state index is 11.5. The van der Waals surface area contributed by atoms with Crippen molar-refractivity contribution in [2.24, 2.45) is 0 Å². The maximum Gasteiger partial charge on any atom is 0.239 e. The summed E-state index contributed by atoms with van der Waals surface area (Å²) in [5.41, 5.74) is 1.71. The fourth-order valence-corrected chi connectivity index (χ4v) is 2.66. The number of hydrogen-bond acceptors (Lipinski definition) is 5. The van der Waals surface area contributed by atoms with Gasteiger partial charge in [-0.3, -0.25) is 4.79 Å². The summed E-state index contributed by atoms with van der Waals surface area (Å²) >= 11 is 0. The molecule has 1 aromatic rings. The molecule has 1 saturated heterocycles. The summed E-state index contributed by atoms with van der Waals surface area (Å²) in [6.07, 6.45) is 1.04. The summed E-state index contributed by atoms with van der Waals surface area (Å²) in [5, 5.41) is 5.87. The number of carbonyl (C=O) groups excluding carboxylic acids is 1. The first-order valence-corrected chi connectivity index (χ1v) is 8.53. The zero-order chi connectivity index (χ0) is 14.6. The summed E-state index contributed by atoms with van der Waals surface area (Å²) < 4.78 is 22.0. The van der Waals surface area contributed by atoms with Crippen LogP contribution in [0.2, 0.25) is 0 Å². The standard InChI is InChI=1S/C13H19N3O3S/c1-20(18,19)10-13(17)15-11-2-4-12(5-3-11)16-8-6-14-7-9-16/h2-5,14H,6-10H2,1H3,(H,15,17). The van der Waals surface area contributed by atoms with Gasteiger partial charge in [-0.2, -0.15) is 0 Å². The zero-order valence-corrected chi connectivity index (χ0v) is 12.2. The highest BCUT2D eigenvalue weighted by Gasteiger charge is 2.12. The van der Waals surface area contributed by atoms with Gasteiger partial charge in [-0.25, -0.2) is 8.42 Å². The maximum absolute atomic E-state index is 11.5. The molecule has 0 bridgehead atoms. The minimum Gasteiger partial charge on any atom is -0.369 e. The number of nitrogens with zero attached hydrogens (tertiary/aromatic N) is 1. The molecule has 2 rings (SSSR count). The molecule has 110 valence electrons. The lowest BCUT2D eigenvalue weighted by Crippen LogP contribution is -2.43. The smallest absolute Gasteiger partial charge is 0.239 e. The molecule has 1 aliphatic rings. The molecule has 1 aromatic carbocycles. The average Bonchev–Trinajstić information content (AvgIpc) is 2.38. The van der Waals surface area contributed by atoms with Crippen LogP contribution >= 0.6 is 0 Å². The number of amides is 1. The summed E-state index contributed by atoms with van der Waals surface area (Å²) in [6.45, 7) is 3.85. The fourth-order valence-electron chi connectivity index (χ4n) is 2.11. The number of carbonyl (C=O) groups is 1. The van der Waals surface area contributed by atoms with Crippen LogP contribution in [0.4, 0.5) is 11.4 Å². The molecule has 0 spiro atoms. The third-order valence-electron chi connectivity index (χ3n) is 3.03. The lowest BCUT2D eigenvalue weighted by Gasteiger charge is -2.29. The van der Waals surface area contributed by atoms with Gasteiger partial charge in [-0.15, -0.1) is 0 Å². The Balaban J connectivity index is 1.96. The Morgan fingerprint density at radius 3 is 2.40 bits per heavy atom. The molecule has 0 radical (unpaired) electrons. The molecular weight excluding hydrogens is 278 g/mol. The van der Waals surface area contributed by atoms with Crippen LogP contribution in [0.1, 0.15) is 0 Å². The van der Waals surface area contributed by atoms with Crippen LogP contribution in [0, 0.1) is 0 Å². The first kappa shape index (κ1) is 14.8. The van der Waals surface area contributed by atoms with E-state index in [4.69, 9.17) is 0 Å². The van der Waals surface area contributed by atoms with Crippen LogP contribution in [-0.2, 0) is 14.6 Å². The van der Waals surface area contributed by atoms with E-state index in [1.807, 2.05) is 12.1 Å². The first-order chi connectivity index (χ1) is 9.44. The zero-order valence-electron chi connectivity index (χ0n) is 11.4. The second kappa shape index (κ2) is 6.23. The monoisotopic (exact) mass is 297 g/mol. The molecule has 0 aliphatic carbocycles. The number of hydrogen-bond donors (Lipinski definition) is 2. The highest BCUT2D eigenvalue weighted by molar-refractivity contribution is 7.91. The molecule has 1 amide bonds. The van der Waals surface area contributed by atoms with E-state index in [1.165, 1.54) is 0 Å². The van der Waals surface area contributed by atoms with Gasteiger partial charge in [0.1, 0.15) is 5.75 Å². The van der Waals surface area contributed by atoms with E-state index in [-0.39, 0.29) is 0 Å². The Kier molecular flexibility index (Phi) is 4.61. The summed E-state index contributed by atoms with van der Waals surface area (Å²) in [7, 11) is -3.30. The fraction of sp³-hybridized carbons (Fsp3) is 0.462. The molecule has 1 aliphatic heterocycles. The Morgan fingerprint density at radius 1 is 1.25 bits per heavy atom. The second-order valence-corrected chi connectivity index (χ2v) is 7.04. The van der Waals surface area contributed by atoms with E-state index < -0.39 is 21.5 Å². The van der Waals surface area contributed by atoms with Crippen LogP contribution in [0.3, 0.4) is 0 Å². The number of benzene rings is 1. The Hall–Kier alpha value is -1.60. The van der Waals surface area contributed by atoms with Crippen LogP contribution in [0.5, 0.6) is 0 Å². The molecule has 0 unspecified atom stereocenters. The second-order valence-electron chi connectivity index (χ2n) is 4.90. The van der Waals surface area contributed by atoms with Crippen molar-refractivity contribution in [2.45, 2.75) is 0 Å². The van der Waals surface area contributed by atoms with Gasteiger partial charge in [-0.1, -0.05) is 0 Å². The van der Waals surface area contributed by atoms with Crippen molar-refractivity contribution in [3.63, 3.8) is 0 Å². The predicted molar refractivity (Wildman–Crippen MR) is 79.9 cm³/mol. The topological polar surface area (TPSA) is 78.5 Å². The van der Waals surface area contributed by atoms with Crippen molar-refractivity contribution >= 4 is 27.1 Å². The number of anilines is 2. The molecule has 20 heavy (non-hydrogen) atoms. The number of piperazine rings is 1. The molecular formula is C13H19N3O3S. The van der Waals surface area contributed by atoms with Crippen LogP contribution in [0.25, 0.3) is 0 Å². The van der Waals surface area contributed by atoms with E-state index in [0.717, 1.165) is 38.1 Å². The molecule has 0 saturated carbocycles. The Labute approximate surface area is 119 Å². The third kappa shape index (κ3) is 4.50. The van der Waals surface area contributed by atoms with Gasteiger partial charge in [0.15, 0.2) is 9.84 Å². The molecule has 6 nitrogen and oxygen atoms in total. The van der Waals surface area contributed by atoms with Crippen molar-refractivity contribution in [1.29, 1.82) is 0 Å². The van der Waals surface area contributed by atoms with E-state index >= 15 is 0 Å². The van der Waals surface area contributed by atoms with Gasteiger partial charge >= 0.3 is 0 Å². The SMILES string of the molecule is CS(=O)(=O)CC(=O)Nc1ccc(N2CCNCC2)cc1. The number of rotatable bonds is 4. The van der Waals surface area contributed by atoms with Crippen LogP contribution in [-0.4, -0.2) is 52.5 Å². The first-order valence-electron chi connectivity index (χ1n) is 6.47. The lowest BCUT2D eigenvalue weighted by atomic mass is 10.2. The highest BCUT2D eigenvalue weighted by atomic mass is 32.2. The Morgan fingerprint density at radius 2 is 1.85 bits per heavy atom. The van der Waals surface area contributed by atoms with E-state index in [9.17, 15) is 13.2 Å². The Bertz CT molecular complexity index is 563. The molecule has 0 aromatic heterocycles. The van der Waals surface area contributed by atoms with Crippen molar-refractivity contribution in [2.75, 3.05) is 48.4 Å². The van der Waals surface area contributed by atoms with E-state index in [2.05, 4.69) is 15.5 Å². The predicted octanol–water partition coefficient (Wildman–Crippen LogP) is 0.0793. The summed E-state index contributed by atoms with van der Waals surface area (Å²) in [4.78, 5) is 13.8. The summed E-state index contributed by atoms with van der Waals surface area (Å²) in [5.74, 6) is -1.01. The van der Waals surface area contributed by atoms with Gasteiger partial charge in [0.2, 0.25) is 5.91 Å². The van der Waals surface area contributed by atoms with Crippen molar-refractivity contribution in [1.82, 2.24) is 5.32 Å². The van der Waals surface area contributed by atoms with Crippen molar-refractivity contribution in [3.8, 4) is 0 Å². The summed E-state index contributed by atoms with van der Waals surface area (Å²) in [6, 6.07) is 7.44. The number of sulfone groups is 1. The highest BCUT2D eigenvalue weighted by Crippen LogP contribution is 2.18. The molecule has 1 heterocycles. The van der Waals surface area contributed by atoms with E-state index in [0.29, 0.717) is 5.69 Å². The van der Waals surface area contributed by atoms with Gasteiger partial charge in [0.05, 0.1) is 0 Å². The molecule has 7 heteroatoms. The lowest BCUT2D eigenvalue weighted by molar-refractivity contribution is -0.113. The van der Waals surface area contributed by atoms with Gasteiger partial charge in [-0.05, 0) is 24.3 Å². The normalized spacial score (nSPS) is 15.9. The minimum atomic E-state index is -3.30. The van der Waals surface area contributed by atoms with Gasteiger partial charge in [0, 0.05) is 43.8 Å². The largest absolute Gasteiger partial charge is 0.369 e. The van der Waals surface area contributed by atoms with Crippen LogP contribution < -0.4 is 15.5 Å². The van der Waals surface area contributed by atoms with Crippen LogP contribution in [0.15, 0.2) is 24.3 Å². The molecule has 1 fully saturated rings. The number of nitrogens with one attached hydrogen (secondary N) is 2. The van der Waals surface area contributed by atoms with Crippen molar-refractivity contribution in [3.05, 3.63) is 24.3 Å². The molecule has 0 atom stereocenters. The molecule has 2 N–H and O–H groups in total. The average molecular weight is 297 g/mol. The van der Waals surface area contributed by atoms with Gasteiger partial charge in [0.25, 0.3) is 0 Å². The van der Waals surface area contributed by atoms with E-state index in [1.54, 1.807) is 12.1 Å². The quantitative estimate of drug-likeness (QED) is 0.823. The minimum absolute atomic E-state index is 0.494. The van der Waals surface area contributed by atoms with Crippen molar-refractivity contribution < 1.29 is 13.2 Å². The van der Waals surface area contributed by atoms with Gasteiger partial charge < -0.3 is 15.5 Å². The third-order valence-corrected chi connectivity index (χ3v) is 3.81.